The van der Waals surface area contributed by atoms with Crippen LogP contribution in [0.25, 0.3) is 0 Å². The quantitative estimate of drug-likeness (QED) is 0.585. The van der Waals surface area contributed by atoms with Gasteiger partial charge >= 0.3 is 5.69 Å². The predicted octanol–water partition coefficient (Wildman–Crippen LogP) is 1.10. The summed E-state index contributed by atoms with van der Waals surface area (Å²) < 4.78 is 0. The number of amides is 1. The Hall–Kier alpha value is -2.79. The van der Waals surface area contributed by atoms with E-state index in [0.29, 0.717) is 42.6 Å². The number of rotatable bonds is 5. The molecule has 0 spiro atoms. The number of aryl methyl sites for hydroxylation is 1. The first kappa shape index (κ1) is 18.0. The lowest BCUT2D eigenvalue weighted by Crippen LogP contribution is -2.49. The van der Waals surface area contributed by atoms with Crippen molar-refractivity contribution in [1.82, 2.24) is 14.9 Å². The van der Waals surface area contributed by atoms with E-state index >= 15 is 0 Å². The van der Waals surface area contributed by atoms with Crippen LogP contribution in [0.4, 0.5) is 22.3 Å². The number of pyridine rings is 1. The number of nitrogens with zero attached hydrogens (tertiary/aromatic N) is 5. The topological polar surface area (TPSA) is 131 Å². The molecule has 0 aromatic carbocycles. The van der Waals surface area contributed by atoms with Gasteiger partial charge in [-0.05, 0) is 12.5 Å². The Morgan fingerprint density at radius 2 is 2.12 bits per heavy atom. The lowest BCUT2D eigenvalue weighted by molar-refractivity contribution is -0.383. The lowest BCUT2D eigenvalue weighted by atomic mass is 10.1. The van der Waals surface area contributed by atoms with E-state index in [-0.39, 0.29) is 24.0 Å². The maximum absolute atomic E-state index is 12.1. The standard InChI is InChI=1S/C15H19N7O3S/c1-10-8-18-14(16)13(22(24)25)12(10)21-5-3-20(4-6-21)9-11(23)19-15-17-2-7-26-15/h2,7-8H,3-6,9H2,1H3,(H2,16,18)(H,17,19,23). The molecule has 10 nitrogen and oxygen atoms in total. The molecule has 3 rings (SSSR count). The minimum atomic E-state index is -0.488. The summed E-state index contributed by atoms with van der Waals surface area (Å²) in [4.78, 5) is 34.8. The Morgan fingerprint density at radius 3 is 2.73 bits per heavy atom. The molecule has 2 aromatic rings. The fraction of sp³-hybridized carbons (Fsp3) is 0.400. The Bertz CT molecular complexity index is 804. The van der Waals surface area contributed by atoms with Gasteiger partial charge in [0, 0.05) is 44.0 Å². The molecule has 0 saturated carbocycles. The van der Waals surface area contributed by atoms with E-state index in [9.17, 15) is 14.9 Å². The number of hydrogen-bond acceptors (Lipinski definition) is 9. The first-order valence-corrected chi connectivity index (χ1v) is 8.89. The van der Waals surface area contributed by atoms with E-state index in [1.165, 1.54) is 11.3 Å². The number of nitro groups is 1. The number of aromatic nitrogens is 2. The molecule has 3 heterocycles. The van der Waals surface area contributed by atoms with Crippen molar-refractivity contribution in [3.05, 3.63) is 33.5 Å². The first-order chi connectivity index (χ1) is 12.5. The summed E-state index contributed by atoms with van der Waals surface area (Å²) in [5.41, 5.74) is 6.77. The van der Waals surface area contributed by atoms with Crippen molar-refractivity contribution >= 4 is 39.6 Å². The van der Waals surface area contributed by atoms with Crippen LogP contribution in [0.2, 0.25) is 0 Å². The molecule has 1 saturated heterocycles. The lowest BCUT2D eigenvalue weighted by Gasteiger charge is -2.36. The molecular formula is C15H19N7O3S. The van der Waals surface area contributed by atoms with Crippen LogP contribution in [0.5, 0.6) is 0 Å². The van der Waals surface area contributed by atoms with Crippen molar-refractivity contribution in [2.75, 3.05) is 48.7 Å². The fourth-order valence-corrected chi connectivity index (χ4v) is 3.50. The molecule has 1 aliphatic heterocycles. The molecule has 0 atom stereocenters. The maximum atomic E-state index is 12.1. The van der Waals surface area contributed by atoms with Gasteiger partial charge in [-0.15, -0.1) is 11.3 Å². The van der Waals surface area contributed by atoms with Gasteiger partial charge < -0.3 is 16.0 Å². The number of anilines is 3. The highest BCUT2D eigenvalue weighted by Gasteiger charge is 2.29. The van der Waals surface area contributed by atoms with Crippen molar-refractivity contribution < 1.29 is 9.72 Å². The highest BCUT2D eigenvalue weighted by atomic mass is 32.1. The molecule has 26 heavy (non-hydrogen) atoms. The smallest absolute Gasteiger partial charge is 0.334 e. The normalized spacial score (nSPS) is 15.0. The van der Waals surface area contributed by atoms with Gasteiger partial charge in [-0.3, -0.25) is 19.8 Å². The maximum Gasteiger partial charge on any atom is 0.334 e. The molecule has 0 unspecified atom stereocenters. The highest BCUT2D eigenvalue weighted by molar-refractivity contribution is 7.13. The Labute approximate surface area is 153 Å². The van der Waals surface area contributed by atoms with Crippen LogP contribution in [0.3, 0.4) is 0 Å². The van der Waals surface area contributed by atoms with Gasteiger partial charge in [-0.25, -0.2) is 9.97 Å². The number of nitrogens with one attached hydrogen (secondary N) is 1. The molecule has 0 radical (unpaired) electrons. The largest absolute Gasteiger partial charge is 0.378 e. The van der Waals surface area contributed by atoms with Gasteiger partial charge in [-0.2, -0.15) is 0 Å². The summed E-state index contributed by atoms with van der Waals surface area (Å²) in [5.74, 6) is -0.204. The van der Waals surface area contributed by atoms with E-state index in [4.69, 9.17) is 5.73 Å². The summed E-state index contributed by atoms with van der Waals surface area (Å²) in [6.45, 7) is 4.40. The summed E-state index contributed by atoms with van der Waals surface area (Å²) in [5, 5.41) is 16.5. The van der Waals surface area contributed by atoms with E-state index in [2.05, 4.69) is 15.3 Å². The molecule has 0 bridgehead atoms. The second-order valence-electron chi connectivity index (χ2n) is 5.93. The van der Waals surface area contributed by atoms with E-state index in [0.717, 1.165) is 0 Å². The van der Waals surface area contributed by atoms with Crippen molar-refractivity contribution in [3.63, 3.8) is 0 Å². The number of carbonyl (C=O) groups is 1. The van der Waals surface area contributed by atoms with E-state index < -0.39 is 4.92 Å². The van der Waals surface area contributed by atoms with Gasteiger partial charge in [0.15, 0.2) is 5.13 Å². The molecule has 0 aliphatic carbocycles. The van der Waals surface area contributed by atoms with E-state index in [1.807, 2.05) is 9.80 Å². The third-order valence-corrected chi connectivity index (χ3v) is 4.84. The van der Waals surface area contributed by atoms with Crippen LogP contribution in [-0.2, 0) is 4.79 Å². The van der Waals surface area contributed by atoms with E-state index in [1.54, 1.807) is 24.7 Å². The van der Waals surface area contributed by atoms with Crippen molar-refractivity contribution in [2.45, 2.75) is 6.92 Å². The van der Waals surface area contributed by atoms with Crippen LogP contribution >= 0.6 is 11.3 Å². The zero-order valence-corrected chi connectivity index (χ0v) is 15.0. The highest BCUT2D eigenvalue weighted by Crippen LogP contribution is 2.35. The summed E-state index contributed by atoms with van der Waals surface area (Å²) >= 11 is 1.37. The summed E-state index contributed by atoms with van der Waals surface area (Å²) in [6.07, 6.45) is 3.18. The zero-order valence-electron chi connectivity index (χ0n) is 14.2. The monoisotopic (exact) mass is 377 g/mol. The van der Waals surface area contributed by atoms with Crippen LogP contribution in [0.1, 0.15) is 5.56 Å². The summed E-state index contributed by atoms with van der Waals surface area (Å²) in [6, 6.07) is 0. The van der Waals surface area contributed by atoms with Crippen LogP contribution in [0.15, 0.2) is 17.8 Å². The second-order valence-corrected chi connectivity index (χ2v) is 6.82. The number of piperazine rings is 1. The van der Waals surface area contributed by atoms with Gasteiger partial charge in [0.2, 0.25) is 11.7 Å². The number of carbonyl (C=O) groups excluding carboxylic acids is 1. The fourth-order valence-electron chi connectivity index (χ4n) is 2.95. The van der Waals surface area contributed by atoms with Gasteiger partial charge in [0.1, 0.15) is 5.69 Å². The van der Waals surface area contributed by atoms with Crippen molar-refractivity contribution in [2.24, 2.45) is 0 Å². The predicted molar refractivity (Wildman–Crippen MR) is 99.4 cm³/mol. The van der Waals surface area contributed by atoms with Crippen molar-refractivity contribution in [3.8, 4) is 0 Å². The molecule has 3 N–H and O–H groups in total. The number of nitrogen functional groups attached to an aromatic ring is 1. The molecule has 1 amide bonds. The Morgan fingerprint density at radius 1 is 1.38 bits per heavy atom. The second kappa shape index (κ2) is 7.62. The number of thiazole rings is 1. The molecule has 138 valence electrons. The minimum absolute atomic E-state index is 0.0825. The van der Waals surface area contributed by atoms with Gasteiger partial charge in [0.25, 0.3) is 0 Å². The van der Waals surface area contributed by atoms with Crippen LogP contribution in [-0.4, -0.2) is 58.4 Å². The summed E-state index contributed by atoms with van der Waals surface area (Å²) in [7, 11) is 0. The Balaban J connectivity index is 1.63. The molecular weight excluding hydrogens is 358 g/mol. The van der Waals surface area contributed by atoms with Gasteiger partial charge in [-0.1, -0.05) is 0 Å². The zero-order chi connectivity index (χ0) is 18.7. The molecule has 1 aliphatic rings. The van der Waals surface area contributed by atoms with Crippen LogP contribution < -0.4 is 16.0 Å². The molecule has 2 aromatic heterocycles. The van der Waals surface area contributed by atoms with Gasteiger partial charge in [0.05, 0.1) is 11.5 Å². The number of hydrogen-bond donors (Lipinski definition) is 2. The third-order valence-electron chi connectivity index (χ3n) is 4.15. The minimum Gasteiger partial charge on any atom is -0.378 e. The molecule has 1 fully saturated rings. The Kier molecular flexibility index (Phi) is 5.28. The average molecular weight is 377 g/mol. The van der Waals surface area contributed by atoms with Crippen molar-refractivity contribution in [1.29, 1.82) is 0 Å². The average Bonchev–Trinajstić information content (AvgIpc) is 3.10. The van der Waals surface area contributed by atoms with Crippen LogP contribution in [0, 0.1) is 17.0 Å². The third kappa shape index (κ3) is 3.89. The first-order valence-electron chi connectivity index (χ1n) is 8.02. The SMILES string of the molecule is Cc1cnc(N)c([N+](=O)[O-])c1N1CCN(CC(=O)Nc2nccs2)CC1. The number of nitrogens with two attached hydrogens (primary N) is 1. The molecule has 11 heteroatoms.